The molecule has 1 aromatic carbocycles. The highest BCUT2D eigenvalue weighted by atomic mass is 16.5. The van der Waals surface area contributed by atoms with Gasteiger partial charge in [-0.2, -0.15) is 0 Å². The maximum Gasteiger partial charge on any atom is 0.526 e. The van der Waals surface area contributed by atoms with Crippen LogP contribution < -0.4 is 4.65 Å². The second-order valence-electron chi connectivity index (χ2n) is 4.92. The number of ketones is 2. The Morgan fingerprint density at radius 3 is 2.84 bits per heavy atom. The highest BCUT2D eigenvalue weighted by Gasteiger charge is 2.36. The van der Waals surface area contributed by atoms with Crippen molar-refractivity contribution in [3.05, 3.63) is 29.3 Å². The first kappa shape index (κ1) is 13.8. The topological polar surface area (TPSA) is 63.6 Å². The van der Waals surface area contributed by atoms with Gasteiger partial charge >= 0.3 is 7.12 Å². The lowest BCUT2D eigenvalue weighted by Crippen LogP contribution is -2.35. The van der Waals surface area contributed by atoms with Gasteiger partial charge in [0.05, 0.1) is 5.56 Å². The molecule has 5 heteroatoms. The molecule has 0 radical (unpaired) electrons. The zero-order valence-corrected chi connectivity index (χ0v) is 11.2. The molecule has 2 rings (SSSR count). The molecule has 1 aliphatic rings. The fourth-order valence-corrected chi connectivity index (χ4v) is 2.37. The van der Waals surface area contributed by atoms with E-state index >= 15 is 0 Å². The monoisotopic (exact) mass is 260 g/mol. The van der Waals surface area contributed by atoms with E-state index in [9.17, 15) is 14.6 Å². The number of Topliss-reactive ketones (excluding diaryl/α,β-unsaturated/α-hetero) is 2. The minimum atomic E-state index is -1.02. The zero-order chi connectivity index (χ0) is 14.0. The predicted octanol–water partition coefficient (Wildman–Crippen LogP) is 2.04. The Hall–Kier alpha value is -1.62. The maximum absolute atomic E-state index is 11.5. The van der Waals surface area contributed by atoms with E-state index in [1.54, 1.807) is 19.1 Å². The first-order chi connectivity index (χ1) is 9.02. The van der Waals surface area contributed by atoms with E-state index in [-0.39, 0.29) is 17.4 Å². The summed E-state index contributed by atoms with van der Waals surface area (Å²) in [6, 6.07) is 5.36. The fraction of sp³-hybridized carbons (Fsp3) is 0.429. The van der Waals surface area contributed by atoms with Crippen LogP contribution in [0.25, 0.3) is 0 Å². The lowest BCUT2D eigenvalue weighted by atomic mass is 9.64. The minimum Gasteiger partial charge on any atom is -0.535 e. The average molecular weight is 260 g/mol. The molecule has 1 aromatic rings. The first-order valence-electron chi connectivity index (χ1n) is 6.52. The molecule has 0 aliphatic carbocycles. The Balaban J connectivity index is 2.26. The van der Waals surface area contributed by atoms with Gasteiger partial charge in [-0.25, -0.2) is 0 Å². The van der Waals surface area contributed by atoms with Crippen molar-refractivity contribution in [2.45, 2.75) is 38.9 Å². The van der Waals surface area contributed by atoms with Crippen molar-refractivity contribution in [2.75, 3.05) is 0 Å². The minimum absolute atomic E-state index is 0.0906. The quantitative estimate of drug-likeness (QED) is 0.664. The number of hydrogen-bond donors (Lipinski definition) is 1. The van der Waals surface area contributed by atoms with Crippen LogP contribution in [0.1, 0.15) is 42.6 Å². The van der Waals surface area contributed by atoms with Gasteiger partial charge in [-0.05, 0) is 25.0 Å². The molecule has 0 saturated carbocycles. The molecule has 0 amide bonds. The Morgan fingerprint density at radius 2 is 2.21 bits per heavy atom. The molecular weight excluding hydrogens is 243 g/mol. The molecule has 0 spiro atoms. The van der Waals surface area contributed by atoms with Gasteiger partial charge in [-0.3, -0.25) is 9.59 Å². The number of rotatable bonds is 4. The summed E-state index contributed by atoms with van der Waals surface area (Å²) in [4.78, 5) is 23.0. The highest BCUT2D eigenvalue weighted by Crippen LogP contribution is 2.36. The number of carbonyl (C=O) groups is 2. The highest BCUT2D eigenvalue weighted by molar-refractivity contribution is 6.47. The molecule has 1 aliphatic heterocycles. The smallest absolute Gasteiger partial charge is 0.526 e. The van der Waals surface area contributed by atoms with Crippen LogP contribution in [0.15, 0.2) is 18.2 Å². The Labute approximate surface area is 112 Å². The standard InChI is InChI=1S/C14H17BO4/c1-3-12(17)8-11-7-10-5-4-6-13(9(2)16)14(10)19-15(11)18/h4-6,11,18H,3,7-8H2,1-2H3/t11-/m1/s1. The van der Waals surface area contributed by atoms with Crippen LogP contribution in [-0.4, -0.2) is 23.7 Å². The van der Waals surface area contributed by atoms with Crippen molar-refractivity contribution < 1.29 is 19.3 Å². The van der Waals surface area contributed by atoms with E-state index in [4.69, 9.17) is 4.65 Å². The number of carbonyl (C=O) groups excluding carboxylic acids is 2. The number of hydrogen-bond acceptors (Lipinski definition) is 4. The van der Waals surface area contributed by atoms with Gasteiger partial charge < -0.3 is 9.68 Å². The van der Waals surface area contributed by atoms with Crippen LogP contribution in [0, 0.1) is 0 Å². The molecule has 1 N–H and O–H groups in total. The normalized spacial score (nSPS) is 17.6. The summed E-state index contributed by atoms with van der Waals surface area (Å²) in [6.07, 6.45) is 1.33. The second-order valence-corrected chi connectivity index (χ2v) is 4.92. The molecule has 0 fully saturated rings. The average Bonchev–Trinajstić information content (AvgIpc) is 2.38. The third-order valence-corrected chi connectivity index (χ3v) is 3.48. The summed E-state index contributed by atoms with van der Waals surface area (Å²) in [5.74, 6) is 0.246. The molecule has 0 unspecified atom stereocenters. The molecule has 1 atom stereocenters. The third kappa shape index (κ3) is 2.87. The van der Waals surface area contributed by atoms with Crippen LogP contribution in [0.3, 0.4) is 0 Å². The third-order valence-electron chi connectivity index (χ3n) is 3.48. The molecule has 100 valence electrons. The number of benzene rings is 1. The molecule has 4 nitrogen and oxygen atoms in total. The van der Waals surface area contributed by atoms with Gasteiger partial charge in [0, 0.05) is 18.7 Å². The fourth-order valence-electron chi connectivity index (χ4n) is 2.37. The summed E-state index contributed by atoms with van der Waals surface area (Å²) < 4.78 is 5.46. The molecule has 0 bridgehead atoms. The lowest BCUT2D eigenvalue weighted by molar-refractivity contribution is -0.118. The number of fused-ring (bicyclic) bond motifs is 1. The Morgan fingerprint density at radius 1 is 1.47 bits per heavy atom. The summed E-state index contributed by atoms with van der Waals surface area (Å²) in [5.41, 5.74) is 1.36. The van der Waals surface area contributed by atoms with Crippen LogP contribution in [0.4, 0.5) is 0 Å². The molecule has 0 saturated heterocycles. The van der Waals surface area contributed by atoms with Crippen molar-refractivity contribution in [3.8, 4) is 5.75 Å². The zero-order valence-electron chi connectivity index (χ0n) is 11.2. The van der Waals surface area contributed by atoms with E-state index in [1.807, 2.05) is 6.07 Å². The SMILES string of the molecule is CCC(=O)C[C@H]1Cc2cccc(C(C)=O)c2OB1O. The lowest BCUT2D eigenvalue weighted by Gasteiger charge is -2.28. The second kappa shape index (κ2) is 5.57. The molecular formula is C14H17BO4. The van der Waals surface area contributed by atoms with Crippen molar-refractivity contribution in [1.29, 1.82) is 0 Å². The van der Waals surface area contributed by atoms with Crippen LogP contribution in [-0.2, 0) is 11.2 Å². The van der Waals surface area contributed by atoms with E-state index < -0.39 is 7.12 Å². The van der Waals surface area contributed by atoms with Crippen LogP contribution in [0.5, 0.6) is 5.75 Å². The van der Waals surface area contributed by atoms with Crippen molar-refractivity contribution in [2.24, 2.45) is 0 Å². The largest absolute Gasteiger partial charge is 0.535 e. The van der Waals surface area contributed by atoms with Gasteiger partial charge in [0.15, 0.2) is 5.78 Å². The van der Waals surface area contributed by atoms with Gasteiger partial charge in [0.25, 0.3) is 0 Å². The van der Waals surface area contributed by atoms with Crippen LogP contribution >= 0.6 is 0 Å². The summed E-state index contributed by atoms with van der Waals surface area (Å²) in [7, 11) is -1.02. The van der Waals surface area contributed by atoms with Gasteiger partial charge in [0.2, 0.25) is 0 Å². The van der Waals surface area contributed by atoms with Crippen LogP contribution in [0.2, 0.25) is 5.82 Å². The Bertz CT molecular complexity index is 512. The number of para-hydroxylation sites is 1. The maximum atomic E-state index is 11.5. The van der Waals surface area contributed by atoms with Gasteiger partial charge in [0.1, 0.15) is 11.5 Å². The van der Waals surface area contributed by atoms with E-state index in [2.05, 4.69) is 0 Å². The molecule has 19 heavy (non-hydrogen) atoms. The molecule has 1 heterocycles. The predicted molar refractivity (Wildman–Crippen MR) is 72.4 cm³/mol. The van der Waals surface area contributed by atoms with Crippen molar-refractivity contribution in [1.82, 2.24) is 0 Å². The van der Waals surface area contributed by atoms with E-state index in [0.29, 0.717) is 30.6 Å². The summed E-state index contributed by atoms with van der Waals surface area (Å²) in [5, 5.41) is 9.98. The van der Waals surface area contributed by atoms with E-state index in [0.717, 1.165) is 5.56 Å². The van der Waals surface area contributed by atoms with E-state index in [1.165, 1.54) is 6.92 Å². The Kier molecular flexibility index (Phi) is 4.05. The van der Waals surface area contributed by atoms with Crippen molar-refractivity contribution >= 4 is 18.7 Å². The van der Waals surface area contributed by atoms with Gasteiger partial charge in [-0.15, -0.1) is 0 Å². The molecule has 0 aromatic heterocycles. The van der Waals surface area contributed by atoms with Crippen molar-refractivity contribution in [3.63, 3.8) is 0 Å². The first-order valence-corrected chi connectivity index (χ1v) is 6.52. The summed E-state index contributed by atoms with van der Waals surface area (Å²) >= 11 is 0. The van der Waals surface area contributed by atoms with Gasteiger partial charge in [-0.1, -0.05) is 19.1 Å². The summed E-state index contributed by atoms with van der Waals surface area (Å²) in [6.45, 7) is 3.28.